The molecule has 24 heavy (non-hydrogen) atoms. The summed E-state index contributed by atoms with van der Waals surface area (Å²) < 4.78 is 22.8. The summed E-state index contributed by atoms with van der Waals surface area (Å²) in [7, 11) is -2.90. The second kappa shape index (κ2) is 7.03. The highest BCUT2D eigenvalue weighted by atomic mass is 32.2. The third-order valence-corrected chi connectivity index (χ3v) is 6.77. The van der Waals surface area contributed by atoms with E-state index in [1.807, 2.05) is 36.6 Å². The molecule has 2 heterocycles. The lowest BCUT2D eigenvalue weighted by Crippen LogP contribution is -2.41. The fraction of sp³-hybridized carbons (Fsp3) is 0.412. The van der Waals surface area contributed by atoms with Gasteiger partial charge in [-0.2, -0.15) is 0 Å². The van der Waals surface area contributed by atoms with Crippen molar-refractivity contribution in [2.45, 2.75) is 32.2 Å². The molecule has 1 amide bonds. The van der Waals surface area contributed by atoms with Crippen LogP contribution in [0.2, 0.25) is 0 Å². The number of nitrogens with one attached hydrogen (secondary N) is 1. The van der Waals surface area contributed by atoms with Crippen LogP contribution in [0, 0.1) is 6.92 Å². The van der Waals surface area contributed by atoms with Crippen molar-refractivity contribution in [2.24, 2.45) is 0 Å². The van der Waals surface area contributed by atoms with Crippen molar-refractivity contribution in [1.29, 1.82) is 0 Å². The molecule has 0 spiro atoms. The predicted octanol–water partition coefficient (Wildman–Crippen LogP) is 2.35. The van der Waals surface area contributed by atoms with Gasteiger partial charge in [0.25, 0.3) is 0 Å². The lowest BCUT2D eigenvalue weighted by Gasteiger charge is -2.22. The summed E-state index contributed by atoms with van der Waals surface area (Å²) in [6, 6.07) is 8.10. The van der Waals surface area contributed by atoms with Crippen molar-refractivity contribution in [3.05, 3.63) is 40.9 Å². The van der Waals surface area contributed by atoms with Crippen molar-refractivity contribution >= 4 is 27.1 Å². The lowest BCUT2D eigenvalue weighted by atomic mass is 10.1. The smallest absolute Gasteiger partial charge is 0.226 e. The number of aryl methyl sites for hydroxylation is 1. The van der Waals surface area contributed by atoms with Crippen molar-refractivity contribution in [3.63, 3.8) is 0 Å². The summed E-state index contributed by atoms with van der Waals surface area (Å²) >= 11 is 1.53. The Labute approximate surface area is 146 Å². The first-order valence-electron chi connectivity index (χ1n) is 7.92. The van der Waals surface area contributed by atoms with Crippen LogP contribution in [-0.4, -0.2) is 36.9 Å². The largest absolute Gasteiger partial charge is 0.353 e. The van der Waals surface area contributed by atoms with Gasteiger partial charge in [0.1, 0.15) is 14.8 Å². The Balaban J connectivity index is 1.56. The van der Waals surface area contributed by atoms with Crippen LogP contribution in [0.3, 0.4) is 0 Å². The highest BCUT2D eigenvalue weighted by Crippen LogP contribution is 2.24. The minimum absolute atomic E-state index is 0.0452. The molecule has 0 radical (unpaired) electrons. The van der Waals surface area contributed by atoms with Crippen LogP contribution in [0.15, 0.2) is 29.6 Å². The van der Waals surface area contributed by atoms with Gasteiger partial charge in [-0.1, -0.05) is 29.8 Å². The van der Waals surface area contributed by atoms with Gasteiger partial charge in [0.2, 0.25) is 5.91 Å². The van der Waals surface area contributed by atoms with Crippen LogP contribution in [0.4, 0.5) is 0 Å². The Bertz CT molecular complexity index is 812. The number of nitrogens with zero attached hydrogens (tertiary/aromatic N) is 1. The number of carbonyl (C=O) groups is 1. The zero-order chi connectivity index (χ0) is 17.2. The molecule has 1 fully saturated rings. The van der Waals surface area contributed by atoms with Crippen LogP contribution in [-0.2, 0) is 21.1 Å². The van der Waals surface area contributed by atoms with Gasteiger partial charge in [-0.25, -0.2) is 13.4 Å². The number of sulfone groups is 1. The summed E-state index contributed by atoms with van der Waals surface area (Å²) in [5.41, 5.74) is 3.00. The molecule has 0 bridgehead atoms. The van der Waals surface area contributed by atoms with E-state index in [1.54, 1.807) is 0 Å². The Hall–Kier alpha value is -1.73. The van der Waals surface area contributed by atoms with Crippen molar-refractivity contribution < 1.29 is 13.2 Å². The Morgan fingerprint density at radius 3 is 2.58 bits per heavy atom. The summed E-state index contributed by atoms with van der Waals surface area (Å²) in [6.07, 6.45) is 1.23. The minimum Gasteiger partial charge on any atom is -0.353 e. The lowest BCUT2D eigenvalue weighted by molar-refractivity contribution is -0.121. The summed E-state index contributed by atoms with van der Waals surface area (Å²) in [6.45, 7) is 2.04. The van der Waals surface area contributed by atoms with Crippen molar-refractivity contribution in [1.82, 2.24) is 10.3 Å². The standard InChI is InChI=1S/C17H20N2O3S2/c1-12-2-4-13(5-3-12)17-19-15(11-23-17)10-16(20)18-14-6-8-24(21,22)9-7-14/h2-5,11,14H,6-10H2,1H3,(H,18,20). The van der Waals surface area contributed by atoms with E-state index in [-0.39, 0.29) is 29.9 Å². The normalized spacial score (nSPS) is 17.5. The summed E-state index contributed by atoms with van der Waals surface area (Å²) in [5, 5.41) is 5.73. The van der Waals surface area contributed by atoms with Gasteiger partial charge in [-0.15, -0.1) is 11.3 Å². The zero-order valence-electron chi connectivity index (χ0n) is 13.5. The highest BCUT2D eigenvalue weighted by molar-refractivity contribution is 7.91. The number of hydrogen-bond donors (Lipinski definition) is 1. The van der Waals surface area contributed by atoms with E-state index < -0.39 is 9.84 Å². The maximum atomic E-state index is 12.1. The average molecular weight is 364 g/mol. The summed E-state index contributed by atoms with van der Waals surface area (Å²) in [4.78, 5) is 16.7. The van der Waals surface area contributed by atoms with E-state index >= 15 is 0 Å². The summed E-state index contributed by atoms with van der Waals surface area (Å²) in [5.74, 6) is 0.221. The van der Waals surface area contributed by atoms with Gasteiger partial charge in [0.15, 0.2) is 0 Å². The molecule has 0 saturated carbocycles. The van der Waals surface area contributed by atoms with Gasteiger partial charge in [0, 0.05) is 17.0 Å². The fourth-order valence-electron chi connectivity index (χ4n) is 2.69. The second-order valence-electron chi connectivity index (χ2n) is 6.18. The number of aromatic nitrogens is 1. The van der Waals surface area contributed by atoms with E-state index in [0.29, 0.717) is 12.8 Å². The second-order valence-corrected chi connectivity index (χ2v) is 9.34. The van der Waals surface area contributed by atoms with Gasteiger partial charge >= 0.3 is 0 Å². The van der Waals surface area contributed by atoms with Crippen molar-refractivity contribution in [3.8, 4) is 10.6 Å². The fourth-order valence-corrected chi connectivity index (χ4v) is 5.01. The number of thiazole rings is 1. The zero-order valence-corrected chi connectivity index (χ0v) is 15.1. The van der Waals surface area contributed by atoms with Crippen LogP contribution < -0.4 is 5.32 Å². The number of rotatable bonds is 4. The molecule has 3 rings (SSSR count). The molecule has 1 aliphatic heterocycles. The monoisotopic (exact) mass is 364 g/mol. The van der Waals surface area contributed by atoms with Crippen LogP contribution in [0.25, 0.3) is 10.6 Å². The molecule has 2 aromatic rings. The third-order valence-electron chi connectivity index (χ3n) is 4.11. The molecule has 5 nitrogen and oxygen atoms in total. The first-order chi connectivity index (χ1) is 11.4. The Kier molecular flexibility index (Phi) is 5.01. The van der Waals surface area contributed by atoms with E-state index in [2.05, 4.69) is 10.3 Å². The molecule has 1 aromatic carbocycles. The van der Waals surface area contributed by atoms with Crippen LogP contribution in [0.1, 0.15) is 24.1 Å². The third kappa shape index (κ3) is 4.42. The Morgan fingerprint density at radius 1 is 1.25 bits per heavy atom. The van der Waals surface area contributed by atoms with Crippen molar-refractivity contribution in [2.75, 3.05) is 11.5 Å². The van der Waals surface area contributed by atoms with Gasteiger partial charge in [0.05, 0.1) is 23.6 Å². The predicted molar refractivity (Wildman–Crippen MR) is 95.8 cm³/mol. The highest BCUT2D eigenvalue weighted by Gasteiger charge is 2.24. The maximum absolute atomic E-state index is 12.1. The van der Waals surface area contributed by atoms with Gasteiger partial charge in [-0.05, 0) is 19.8 Å². The van der Waals surface area contributed by atoms with Crippen LogP contribution >= 0.6 is 11.3 Å². The van der Waals surface area contributed by atoms with E-state index in [0.717, 1.165) is 16.3 Å². The van der Waals surface area contributed by atoms with Gasteiger partial charge in [-0.3, -0.25) is 4.79 Å². The molecule has 7 heteroatoms. The molecule has 0 unspecified atom stereocenters. The molecular formula is C17H20N2O3S2. The number of amides is 1. The minimum atomic E-state index is -2.90. The van der Waals surface area contributed by atoms with Gasteiger partial charge < -0.3 is 5.32 Å². The molecule has 0 atom stereocenters. The molecule has 128 valence electrons. The number of benzene rings is 1. The molecule has 1 saturated heterocycles. The van der Waals surface area contributed by atoms with E-state index in [1.165, 1.54) is 16.9 Å². The van der Waals surface area contributed by atoms with Crippen LogP contribution in [0.5, 0.6) is 0 Å². The average Bonchev–Trinajstić information content (AvgIpc) is 2.98. The maximum Gasteiger partial charge on any atom is 0.226 e. The quantitative estimate of drug-likeness (QED) is 0.903. The molecule has 1 aliphatic rings. The molecule has 1 aromatic heterocycles. The van der Waals surface area contributed by atoms with E-state index in [4.69, 9.17) is 0 Å². The molecular weight excluding hydrogens is 344 g/mol. The Morgan fingerprint density at radius 2 is 1.92 bits per heavy atom. The number of carbonyl (C=O) groups excluding carboxylic acids is 1. The first-order valence-corrected chi connectivity index (χ1v) is 10.6. The van der Waals surface area contributed by atoms with E-state index in [9.17, 15) is 13.2 Å². The SMILES string of the molecule is Cc1ccc(-c2nc(CC(=O)NC3CCS(=O)(=O)CC3)cs2)cc1. The first kappa shape index (κ1) is 17.1. The molecule has 1 N–H and O–H groups in total. The molecule has 0 aliphatic carbocycles. The topological polar surface area (TPSA) is 76.1 Å². The number of hydrogen-bond acceptors (Lipinski definition) is 5.